The minimum atomic E-state index is -0.821. The lowest BCUT2D eigenvalue weighted by Gasteiger charge is -2.35. The Morgan fingerprint density at radius 1 is 1.12 bits per heavy atom. The Morgan fingerprint density at radius 2 is 1.84 bits per heavy atom. The maximum Gasteiger partial charge on any atom is 0.321 e. The van der Waals surface area contributed by atoms with E-state index in [1.54, 1.807) is 4.90 Å². The summed E-state index contributed by atoms with van der Waals surface area (Å²) in [6, 6.07) is 7.66. The number of piperidine rings is 2. The average molecular weight is 345 g/mol. The molecule has 6 heteroatoms. The molecule has 0 spiro atoms. The second kappa shape index (κ2) is 7.76. The molecule has 6 nitrogen and oxygen atoms in total. The number of hydrogen-bond donors (Lipinski definition) is 2. The van der Waals surface area contributed by atoms with Crippen LogP contribution in [0.5, 0.6) is 0 Å². The predicted molar refractivity (Wildman–Crippen MR) is 98.0 cm³/mol. The normalized spacial score (nSPS) is 24.0. The fourth-order valence-electron chi connectivity index (χ4n) is 3.88. The molecule has 2 fully saturated rings. The zero-order chi connectivity index (χ0) is 17.8. The lowest BCUT2D eigenvalue weighted by Crippen LogP contribution is -2.47. The van der Waals surface area contributed by atoms with Crippen LogP contribution in [-0.4, -0.2) is 48.2 Å². The molecular formula is C19H27N3O3. The molecule has 2 amide bonds. The molecule has 2 aliphatic rings. The van der Waals surface area contributed by atoms with Crippen LogP contribution in [0.1, 0.15) is 32.6 Å². The third-order valence-corrected chi connectivity index (χ3v) is 5.14. The van der Waals surface area contributed by atoms with Gasteiger partial charge in [-0.1, -0.05) is 19.1 Å². The molecule has 1 aromatic carbocycles. The van der Waals surface area contributed by atoms with Gasteiger partial charge in [0, 0.05) is 26.2 Å². The summed E-state index contributed by atoms with van der Waals surface area (Å²) in [6.07, 6.45) is 4.23. The second-order valence-corrected chi connectivity index (χ2v) is 7.28. The zero-order valence-corrected chi connectivity index (χ0v) is 14.8. The van der Waals surface area contributed by atoms with E-state index in [0.717, 1.165) is 24.5 Å². The summed E-state index contributed by atoms with van der Waals surface area (Å²) in [5.41, 5.74) is 1.86. The minimum Gasteiger partial charge on any atom is -0.481 e. The maximum absolute atomic E-state index is 12.7. The van der Waals surface area contributed by atoms with Crippen molar-refractivity contribution >= 4 is 23.4 Å². The molecule has 1 aromatic rings. The Labute approximate surface area is 148 Å². The van der Waals surface area contributed by atoms with Gasteiger partial charge in [-0.05, 0) is 43.7 Å². The number of likely N-dealkylation sites (tertiary alicyclic amines) is 1. The molecule has 0 bridgehead atoms. The van der Waals surface area contributed by atoms with E-state index in [4.69, 9.17) is 0 Å². The van der Waals surface area contributed by atoms with Gasteiger partial charge in [-0.2, -0.15) is 0 Å². The summed E-state index contributed by atoms with van der Waals surface area (Å²) in [4.78, 5) is 28.0. The van der Waals surface area contributed by atoms with E-state index >= 15 is 0 Å². The topological polar surface area (TPSA) is 72.9 Å². The summed E-state index contributed by atoms with van der Waals surface area (Å²) in [7, 11) is 0. The van der Waals surface area contributed by atoms with Crippen LogP contribution >= 0.6 is 0 Å². The number of anilines is 2. The van der Waals surface area contributed by atoms with Gasteiger partial charge < -0.3 is 20.2 Å². The highest BCUT2D eigenvalue weighted by atomic mass is 16.4. The first kappa shape index (κ1) is 17.6. The van der Waals surface area contributed by atoms with E-state index in [0.29, 0.717) is 13.0 Å². The number of urea groups is 1. The molecule has 2 N–H and O–H groups in total. The number of benzene rings is 1. The first-order valence-corrected chi connectivity index (χ1v) is 9.17. The van der Waals surface area contributed by atoms with Crippen LogP contribution in [0.3, 0.4) is 0 Å². The van der Waals surface area contributed by atoms with E-state index in [1.165, 1.54) is 19.3 Å². The standard InChI is InChI=1S/C19H27N3O3/c1-14-11-15(18(23)24)13-22(12-14)19(25)20-16-7-3-4-8-17(16)21-9-5-2-6-10-21/h3-4,7-8,14-15H,2,5-6,9-13H2,1H3,(H,20,25)(H,23,24). The first-order valence-electron chi connectivity index (χ1n) is 9.17. The molecule has 2 heterocycles. The van der Waals surface area contributed by atoms with Crippen molar-refractivity contribution in [3.8, 4) is 0 Å². The summed E-state index contributed by atoms with van der Waals surface area (Å²) in [6.45, 7) is 4.89. The van der Waals surface area contributed by atoms with E-state index in [1.807, 2.05) is 31.2 Å². The van der Waals surface area contributed by atoms with Gasteiger partial charge in [-0.3, -0.25) is 4.79 Å². The number of rotatable bonds is 3. The first-order chi connectivity index (χ1) is 12.0. The van der Waals surface area contributed by atoms with Crippen molar-refractivity contribution < 1.29 is 14.7 Å². The smallest absolute Gasteiger partial charge is 0.321 e. The number of carbonyl (C=O) groups excluding carboxylic acids is 1. The number of aliphatic carboxylic acids is 1. The van der Waals surface area contributed by atoms with Crippen LogP contribution in [0.2, 0.25) is 0 Å². The number of carboxylic acid groups (broad SMARTS) is 1. The second-order valence-electron chi connectivity index (χ2n) is 7.28. The van der Waals surface area contributed by atoms with Gasteiger partial charge >= 0.3 is 12.0 Å². The van der Waals surface area contributed by atoms with Crippen molar-refractivity contribution in [1.82, 2.24) is 4.90 Å². The van der Waals surface area contributed by atoms with Crippen LogP contribution < -0.4 is 10.2 Å². The van der Waals surface area contributed by atoms with Gasteiger partial charge in [0.15, 0.2) is 0 Å². The van der Waals surface area contributed by atoms with Crippen LogP contribution in [0, 0.1) is 11.8 Å². The molecule has 0 aromatic heterocycles. The van der Waals surface area contributed by atoms with Crippen LogP contribution in [-0.2, 0) is 4.79 Å². The number of para-hydroxylation sites is 2. The molecule has 3 rings (SSSR count). The Bertz CT molecular complexity index is 628. The highest BCUT2D eigenvalue weighted by Crippen LogP contribution is 2.29. The third kappa shape index (κ3) is 4.24. The maximum atomic E-state index is 12.7. The number of nitrogens with one attached hydrogen (secondary N) is 1. The minimum absolute atomic E-state index is 0.193. The quantitative estimate of drug-likeness (QED) is 0.882. The Balaban J connectivity index is 1.71. The van der Waals surface area contributed by atoms with Gasteiger partial charge in [0.05, 0.1) is 17.3 Å². The van der Waals surface area contributed by atoms with Crippen LogP contribution in [0.15, 0.2) is 24.3 Å². The molecule has 0 aliphatic carbocycles. The summed E-state index contributed by atoms with van der Waals surface area (Å²) in [5, 5.41) is 12.3. The highest BCUT2D eigenvalue weighted by Gasteiger charge is 2.32. The van der Waals surface area contributed by atoms with E-state index in [2.05, 4.69) is 10.2 Å². The number of amides is 2. The van der Waals surface area contributed by atoms with Gasteiger partial charge in [0.2, 0.25) is 0 Å². The molecule has 0 radical (unpaired) electrons. The number of hydrogen-bond acceptors (Lipinski definition) is 3. The lowest BCUT2D eigenvalue weighted by molar-refractivity contribution is -0.143. The Hall–Kier alpha value is -2.24. The van der Waals surface area contributed by atoms with Crippen molar-refractivity contribution in [3.05, 3.63) is 24.3 Å². The van der Waals surface area contributed by atoms with Crippen LogP contribution in [0.4, 0.5) is 16.2 Å². The largest absolute Gasteiger partial charge is 0.481 e. The number of carbonyl (C=O) groups is 2. The predicted octanol–water partition coefficient (Wildman–Crippen LogP) is 3.25. The zero-order valence-electron chi connectivity index (χ0n) is 14.8. The fourth-order valence-corrected chi connectivity index (χ4v) is 3.88. The van der Waals surface area contributed by atoms with Crippen molar-refractivity contribution in [3.63, 3.8) is 0 Å². The Morgan fingerprint density at radius 3 is 2.56 bits per heavy atom. The van der Waals surface area contributed by atoms with Gasteiger partial charge in [0.1, 0.15) is 0 Å². The summed E-state index contributed by atoms with van der Waals surface area (Å²) in [5.74, 6) is -1.11. The van der Waals surface area contributed by atoms with Crippen LogP contribution in [0.25, 0.3) is 0 Å². The molecule has 0 saturated carbocycles. The molecule has 2 atom stereocenters. The molecule has 2 unspecified atom stereocenters. The molecule has 25 heavy (non-hydrogen) atoms. The van der Waals surface area contributed by atoms with Gasteiger partial charge in [-0.15, -0.1) is 0 Å². The fraction of sp³-hybridized carbons (Fsp3) is 0.579. The Kier molecular flexibility index (Phi) is 5.46. The monoisotopic (exact) mass is 345 g/mol. The summed E-state index contributed by atoms with van der Waals surface area (Å²) < 4.78 is 0. The number of carboxylic acids is 1. The van der Waals surface area contributed by atoms with Gasteiger partial charge in [0.25, 0.3) is 0 Å². The van der Waals surface area contributed by atoms with Crippen molar-refractivity contribution in [2.75, 3.05) is 36.4 Å². The van der Waals surface area contributed by atoms with Crippen molar-refractivity contribution in [2.45, 2.75) is 32.6 Å². The molecule has 136 valence electrons. The molecule has 2 saturated heterocycles. The highest BCUT2D eigenvalue weighted by molar-refractivity contribution is 5.93. The van der Waals surface area contributed by atoms with E-state index < -0.39 is 11.9 Å². The lowest BCUT2D eigenvalue weighted by atomic mass is 9.91. The average Bonchev–Trinajstić information content (AvgIpc) is 2.62. The van der Waals surface area contributed by atoms with E-state index in [9.17, 15) is 14.7 Å². The molecule has 2 aliphatic heterocycles. The van der Waals surface area contributed by atoms with Crippen molar-refractivity contribution in [2.24, 2.45) is 11.8 Å². The SMILES string of the molecule is CC1CC(C(=O)O)CN(C(=O)Nc2ccccc2N2CCCCC2)C1. The summed E-state index contributed by atoms with van der Waals surface area (Å²) >= 11 is 0. The molecular weight excluding hydrogens is 318 g/mol. The van der Waals surface area contributed by atoms with Crippen molar-refractivity contribution in [1.29, 1.82) is 0 Å². The van der Waals surface area contributed by atoms with Gasteiger partial charge in [-0.25, -0.2) is 4.79 Å². The third-order valence-electron chi connectivity index (χ3n) is 5.14. The van der Waals surface area contributed by atoms with E-state index in [-0.39, 0.29) is 18.5 Å². The number of nitrogens with zero attached hydrogens (tertiary/aromatic N) is 2.